The molecule has 0 radical (unpaired) electrons. The summed E-state index contributed by atoms with van der Waals surface area (Å²) in [5, 5.41) is 19.7. The number of carboxylic acid groups (broad SMARTS) is 1. The fourth-order valence-electron chi connectivity index (χ4n) is 1.56. The number of nitrogens with zero attached hydrogens (tertiary/aromatic N) is 1. The zero-order valence-electron chi connectivity index (χ0n) is 8.97. The van der Waals surface area contributed by atoms with Gasteiger partial charge in [0.25, 0.3) is 5.69 Å². The van der Waals surface area contributed by atoms with Gasteiger partial charge < -0.3 is 5.11 Å². The molecule has 5 heteroatoms. The molecule has 0 fully saturated rings. The van der Waals surface area contributed by atoms with Gasteiger partial charge in [0.1, 0.15) is 0 Å². The van der Waals surface area contributed by atoms with Gasteiger partial charge in [-0.15, -0.1) is 0 Å². The van der Waals surface area contributed by atoms with Crippen LogP contribution in [0.2, 0.25) is 0 Å². The van der Waals surface area contributed by atoms with Crippen LogP contribution in [0.5, 0.6) is 0 Å². The number of benzene rings is 1. The molecule has 5 nitrogen and oxygen atoms in total. The number of nitro benzene ring substituents is 1. The second kappa shape index (κ2) is 5.25. The molecular weight excluding hydrogens is 210 g/mol. The van der Waals surface area contributed by atoms with Crippen LogP contribution in [0.25, 0.3) is 0 Å². The van der Waals surface area contributed by atoms with Crippen LogP contribution in [0, 0.1) is 10.1 Å². The Bertz CT molecular complexity index is 382. The van der Waals surface area contributed by atoms with Crippen LogP contribution in [-0.4, -0.2) is 16.0 Å². The summed E-state index contributed by atoms with van der Waals surface area (Å²) in [7, 11) is 0. The van der Waals surface area contributed by atoms with Gasteiger partial charge in [-0.1, -0.05) is 19.4 Å². The number of carboxylic acids is 1. The lowest BCUT2D eigenvalue weighted by molar-refractivity contribution is -0.385. The van der Waals surface area contributed by atoms with Crippen LogP contribution < -0.4 is 0 Å². The van der Waals surface area contributed by atoms with Gasteiger partial charge in [0.05, 0.1) is 10.5 Å². The summed E-state index contributed by atoms with van der Waals surface area (Å²) in [6.45, 7) is 1.95. The monoisotopic (exact) mass is 223 g/mol. The Morgan fingerprint density at radius 3 is 2.69 bits per heavy atom. The largest absolute Gasteiger partial charge is 0.478 e. The molecule has 86 valence electrons. The summed E-state index contributed by atoms with van der Waals surface area (Å²) in [6.07, 6.45) is 2.03. The van der Waals surface area contributed by atoms with Crippen LogP contribution in [-0.2, 0) is 6.42 Å². The fourth-order valence-corrected chi connectivity index (χ4v) is 1.56. The van der Waals surface area contributed by atoms with E-state index < -0.39 is 10.9 Å². The normalized spacial score (nSPS) is 10.1. The molecule has 1 rings (SSSR count). The summed E-state index contributed by atoms with van der Waals surface area (Å²) in [4.78, 5) is 21.2. The van der Waals surface area contributed by atoms with E-state index in [4.69, 9.17) is 5.11 Å². The van der Waals surface area contributed by atoms with Crippen molar-refractivity contribution in [1.82, 2.24) is 0 Å². The predicted molar refractivity (Wildman–Crippen MR) is 58.7 cm³/mol. The first kappa shape index (κ1) is 12.2. The maximum Gasteiger partial charge on any atom is 0.336 e. The van der Waals surface area contributed by atoms with Crippen molar-refractivity contribution in [3.8, 4) is 0 Å². The summed E-state index contributed by atoms with van der Waals surface area (Å²) in [5.74, 6) is -1.12. The zero-order valence-corrected chi connectivity index (χ0v) is 8.97. The van der Waals surface area contributed by atoms with E-state index in [-0.39, 0.29) is 11.3 Å². The van der Waals surface area contributed by atoms with E-state index in [1.54, 1.807) is 0 Å². The maximum absolute atomic E-state index is 10.9. The van der Waals surface area contributed by atoms with Crippen LogP contribution in [0.4, 0.5) is 5.69 Å². The first-order chi connectivity index (χ1) is 7.57. The lowest BCUT2D eigenvalue weighted by Gasteiger charge is -2.05. The average Bonchev–Trinajstić information content (AvgIpc) is 2.25. The van der Waals surface area contributed by atoms with Crippen LogP contribution >= 0.6 is 0 Å². The Labute approximate surface area is 92.9 Å². The van der Waals surface area contributed by atoms with Gasteiger partial charge in [-0.3, -0.25) is 10.1 Å². The van der Waals surface area contributed by atoms with Crippen molar-refractivity contribution in [2.45, 2.75) is 26.2 Å². The lowest BCUT2D eigenvalue weighted by Crippen LogP contribution is -2.06. The van der Waals surface area contributed by atoms with E-state index in [9.17, 15) is 14.9 Å². The Hall–Kier alpha value is -1.91. The molecule has 0 aliphatic rings. The fraction of sp³-hybridized carbons (Fsp3) is 0.364. The molecule has 1 aromatic rings. The average molecular weight is 223 g/mol. The summed E-state index contributed by atoms with van der Waals surface area (Å²) in [6, 6.07) is 4.15. The van der Waals surface area contributed by atoms with Crippen molar-refractivity contribution in [2.24, 2.45) is 0 Å². The molecule has 0 unspecified atom stereocenters. The quantitative estimate of drug-likeness (QED) is 0.614. The molecule has 0 aliphatic carbocycles. The van der Waals surface area contributed by atoms with Crippen molar-refractivity contribution in [1.29, 1.82) is 0 Å². The van der Waals surface area contributed by atoms with E-state index >= 15 is 0 Å². The van der Waals surface area contributed by atoms with Crippen molar-refractivity contribution >= 4 is 11.7 Å². The zero-order chi connectivity index (χ0) is 12.1. The van der Waals surface area contributed by atoms with Gasteiger partial charge >= 0.3 is 5.97 Å². The maximum atomic E-state index is 10.9. The third-order valence-corrected chi connectivity index (χ3v) is 2.36. The van der Waals surface area contributed by atoms with Crippen molar-refractivity contribution in [2.75, 3.05) is 0 Å². The molecular formula is C11H13NO4. The van der Waals surface area contributed by atoms with Crippen molar-refractivity contribution in [3.63, 3.8) is 0 Å². The number of nitro groups is 1. The number of rotatable bonds is 5. The highest BCUT2D eigenvalue weighted by molar-refractivity contribution is 5.90. The van der Waals surface area contributed by atoms with Gasteiger partial charge in [-0.05, 0) is 18.9 Å². The van der Waals surface area contributed by atoms with Gasteiger partial charge in [-0.25, -0.2) is 4.79 Å². The number of unbranched alkanes of at least 4 members (excludes halogenated alkanes) is 1. The molecule has 0 amide bonds. The summed E-state index contributed by atoms with van der Waals surface area (Å²) in [5.41, 5.74) is 0.248. The Morgan fingerprint density at radius 1 is 1.50 bits per heavy atom. The minimum atomic E-state index is -1.12. The van der Waals surface area contributed by atoms with Crippen LogP contribution in [0.15, 0.2) is 18.2 Å². The minimum Gasteiger partial charge on any atom is -0.478 e. The molecule has 0 aliphatic heterocycles. The second-order valence-electron chi connectivity index (χ2n) is 3.47. The van der Waals surface area contributed by atoms with Gasteiger partial charge in [0.2, 0.25) is 0 Å². The highest BCUT2D eigenvalue weighted by Crippen LogP contribution is 2.24. The lowest BCUT2D eigenvalue weighted by atomic mass is 10.00. The van der Waals surface area contributed by atoms with E-state index in [2.05, 4.69) is 0 Å². The Balaban J connectivity index is 3.23. The number of carbonyl (C=O) groups is 1. The molecule has 1 N–H and O–H groups in total. The third kappa shape index (κ3) is 2.56. The molecule has 0 atom stereocenters. The molecule has 0 saturated heterocycles. The van der Waals surface area contributed by atoms with Gasteiger partial charge in [0.15, 0.2) is 0 Å². The summed E-state index contributed by atoms with van der Waals surface area (Å²) >= 11 is 0. The Kier molecular flexibility index (Phi) is 3.99. The van der Waals surface area contributed by atoms with Crippen molar-refractivity contribution in [3.05, 3.63) is 39.4 Å². The molecule has 1 aromatic carbocycles. The first-order valence-corrected chi connectivity index (χ1v) is 5.07. The summed E-state index contributed by atoms with van der Waals surface area (Å²) < 4.78 is 0. The first-order valence-electron chi connectivity index (χ1n) is 5.07. The van der Waals surface area contributed by atoms with Crippen LogP contribution in [0.3, 0.4) is 0 Å². The van der Waals surface area contributed by atoms with Crippen molar-refractivity contribution < 1.29 is 14.8 Å². The predicted octanol–water partition coefficient (Wildman–Crippen LogP) is 2.64. The second-order valence-corrected chi connectivity index (χ2v) is 3.47. The van der Waals surface area contributed by atoms with Gasteiger partial charge in [-0.2, -0.15) is 0 Å². The number of aromatic carboxylic acids is 1. The van der Waals surface area contributed by atoms with E-state index in [0.717, 1.165) is 12.8 Å². The van der Waals surface area contributed by atoms with E-state index in [1.165, 1.54) is 18.2 Å². The molecule has 0 spiro atoms. The topological polar surface area (TPSA) is 80.4 Å². The third-order valence-electron chi connectivity index (χ3n) is 2.36. The molecule has 0 bridgehead atoms. The van der Waals surface area contributed by atoms with E-state index in [1.807, 2.05) is 6.92 Å². The molecule has 0 aromatic heterocycles. The SMILES string of the molecule is CCCCc1c(C(=O)O)cccc1[N+](=O)[O-]. The molecule has 0 saturated carbocycles. The highest BCUT2D eigenvalue weighted by Gasteiger charge is 2.20. The molecule has 0 heterocycles. The van der Waals surface area contributed by atoms with Crippen LogP contribution in [0.1, 0.15) is 35.7 Å². The smallest absolute Gasteiger partial charge is 0.336 e. The molecule has 16 heavy (non-hydrogen) atoms. The van der Waals surface area contributed by atoms with Gasteiger partial charge in [0, 0.05) is 11.6 Å². The number of hydrogen-bond donors (Lipinski definition) is 1. The number of hydrogen-bond acceptors (Lipinski definition) is 3. The highest BCUT2D eigenvalue weighted by atomic mass is 16.6. The Morgan fingerprint density at radius 2 is 2.19 bits per heavy atom. The minimum absolute atomic E-state index is 0.0302. The standard InChI is InChI=1S/C11H13NO4/c1-2-3-5-8-9(11(13)14)6-4-7-10(8)12(15)16/h4,6-7H,2-3,5H2,1H3,(H,13,14). The van der Waals surface area contributed by atoms with E-state index in [0.29, 0.717) is 12.0 Å².